The van der Waals surface area contributed by atoms with E-state index in [2.05, 4.69) is 10.2 Å². The van der Waals surface area contributed by atoms with Gasteiger partial charge in [-0.25, -0.2) is 0 Å². The highest BCUT2D eigenvalue weighted by atomic mass is 16.5. The predicted molar refractivity (Wildman–Crippen MR) is 45.7 cm³/mol. The average molecular weight is 172 g/mol. The highest BCUT2D eigenvalue weighted by Crippen LogP contribution is 2.16. The van der Waals surface area contributed by atoms with Crippen LogP contribution in [0.1, 0.15) is 12.8 Å². The maximum atomic E-state index is 11.2. The summed E-state index contributed by atoms with van der Waals surface area (Å²) in [7, 11) is 3.32. The Bertz CT molecular complexity index is 161. The lowest BCUT2D eigenvalue weighted by molar-refractivity contribution is -0.145. The number of carbonyl (C=O) groups is 1. The van der Waals surface area contributed by atoms with Crippen molar-refractivity contribution in [3.63, 3.8) is 0 Å². The van der Waals surface area contributed by atoms with Gasteiger partial charge in [0.25, 0.3) is 0 Å². The van der Waals surface area contributed by atoms with E-state index in [1.807, 2.05) is 7.05 Å². The summed E-state index contributed by atoms with van der Waals surface area (Å²) in [5, 5.41) is 3.04. The van der Waals surface area contributed by atoms with E-state index in [9.17, 15) is 4.79 Å². The van der Waals surface area contributed by atoms with E-state index in [0.29, 0.717) is 0 Å². The van der Waals surface area contributed by atoms with E-state index in [-0.39, 0.29) is 12.0 Å². The minimum absolute atomic E-state index is 0.0255. The van der Waals surface area contributed by atoms with Crippen molar-refractivity contribution in [2.45, 2.75) is 18.9 Å². The Labute approximate surface area is 72.9 Å². The maximum Gasteiger partial charge on any atom is 0.323 e. The van der Waals surface area contributed by atoms with Gasteiger partial charge in [0.15, 0.2) is 0 Å². The number of nitrogens with one attached hydrogen (secondary N) is 1. The van der Waals surface area contributed by atoms with Crippen molar-refractivity contribution >= 4 is 5.97 Å². The summed E-state index contributed by atoms with van der Waals surface area (Å²) in [5.74, 6) is -0.109. The Morgan fingerprint density at radius 1 is 1.75 bits per heavy atom. The fourth-order valence-electron chi connectivity index (χ4n) is 1.62. The Hall–Kier alpha value is -0.610. The first-order valence-corrected chi connectivity index (χ1v) is 4.26. The van der Waals surface area contributed by atoms with E-state index in [1.165, 1.54) is 7.11 Å². The van der Waals surface area contributed by atoms with Crippen LogP contribution in [0.4, 0.5) is 0 Å². The summed E-state index contributed by atoms with van der Waals surface area (Å²) >= 11 is 0. The summed E-state index contributed by atoms with van der Waals surface area (Å²) in [6, 6.07) is -0.0255. The number of hydrogen-bond acceptors (Lipinski definition) is 4. The molecular formula is C8H16N2O2. The largest absolute Gasteiger partial charge is 0.468 e. The standard InChI is InChI=1S/C8H16N2O2/c1-9-6-10-5-3-4-7(10)8(11)12-2/h7,9H,3-6H2,1-2H3. The molecule has 1 rings (SSSR count). The summed E-state index contributed by atoms with van der Waals surface area (Å²) < 4.78 is 4.70. The van der Waals surface area contributed by atoms with Gasteiger partial charge in [0, 0.05) is 13.2 Å². The van der Waals surface area contributed by atoms with Crippen molar-refractivity contribution in [3.05, 3.63) is 0 Å². The topological polar surface area (TPSA) is 41.6 Å². The molecule has 0 spiro atoms. The molecule has 0 aromatic rings. The predicted octanol–water partition coefficient (Wildman–Crippen LogP) is -0.199. The van der Waals surface area contributed by atoms with Gasteiger partial charge in [-0.1, -0.05) is 0 Å². The molecule has 1 saturated heterocycles. The van der Waals surface area contributed by atoms with Crippen molar-refractivity contribution < 1.29 is 9.53 Å². The van der Waals surface area contributed by atoms with E-state index < -0.39 is 0 Å². The number of nitrogens with zero attached hydrogens (tertiary/aromatic N) is 1. The van der Waals surface area contributed by atoms with Crippen molar-refractivity contribution in [1.29, 1.82) is 0 Å². The second-order valence-corrected chi connectivity index (χ2v) is 3.01. The maximum absolute atomic E-state index is 11.2. The Morgan fingerprint density at radius 3 is 3.08 bits per heavy atom. The van der Waals surface area contributed by atoms with Crippen LogP contribution in [0.5, 0.6) is 0 Å². The molecule has 1 aliphatic rings. The van der Waals surface area contributed by atoms with Gasteiger partial charge in [0.05, 0.1) is 7.11 Å². The Morgan fingerprint density at radius 2 is 2.50 bits per heavy atom. The van der Waals surface area contributed by atoms with Gasteiger partial charge in [-0.3, -0.25) is 9.69 Å². The monoisotopic (exact) mass is 172 g/mol. The summed E-state index contributed by atoms with van der Waals surface area (Å²) in [6.07, 6.45) is 2.01. The second kappa shape index (κ2) is 4.42. The number of ether oxygens (including phenoxy) is 1. The first kappa shape index (κ1) is 9.48. The molecule has 1 fully saturated rings. The molecule has 0 amide bonds. The Kier molecular flexibility index (Phi) is 3.49. The van der Waals surface area contributed by atoms with Gasteiger partial charge in [-0.05, 0) is 19.9 Å². The summed E-state index contributed by atoms with van der Waals surface area (Å²) in [5.41, 5.74) is 0. The minimum atomic E-state index is -0.109. The van der Waals surface area contributed by atoms with Crippen LogP contribution in [0.25, 0.3) is 0 Å². The molecule has 1 N–H and O–H groups in total. The van der Waals surface area contributed by atoms with Gasteiger partial charge in [0.2, 0.25) is 0 Å². The van der Waals surface area contributed by atoms with E-state index in [1.54, 1.807) is 0 Å². The van der Waals surface area contributed by atoms with Crippen LogP contribution in [0.15, 0.2) is 0 Å². The first-order chi connectivity index (χ1) is 5.79. The molecule has 1 heterocycles. The molecule has 0 aromatic carbocycles. The zero-order valence-corrected chi connectivity index (χ0v) is 7.67. The van der Waals surface area contributed by atoms with Gasteiger partial charge in [-0.15, -0.1) is 0 Å². The molecular weight excluding hydrogens is 156 g/mol. The lowest BCUT2D eigenvalue weighted by atomic mass is 10.2. The highest BCUT2D eigenvalue weighted by molar-refractivity contribution is 5.75. The number of carbonyl (C=O) groups excluding carboxylic acids is 1. The summed E-state index contributed by atoms with van der Waals surface area (Å²) in [6.45, 7) is 1.75. The molecule has 1 atom stereocenters. The van der Waals surface area contributed by atoms with Crippen LogP contribution in [-0.4, -0.2) is 44.3 Å². The number of rotatable bonds is 3. The van der Waals surface area contributed by atoms with E-state index in [4.69, 9.17) is 4.74 Å². The fraction of sp³-hybridized carbons (Fsp3) is 0.875. The summed E-state index contributed by atoms with van der Waals surface area (Å²) in [4.78, 5) is 13.3. The van der Waals surface area contributed by atoms with Gasteiger partial charge < -0.3 is 10.1 Å². The molecule has 70 valence electrons. The van der Waals surface area contributed by atoms with E-state index in [0.717, 1.165) is 26.1 Å². The highest BCUT2D eigenvalue weighted by Gasteiger charge is 2.30. The second-order valence-electron chi connectivity index (χ2n) is 3.01. The molecule has 4 nitrogen and oxygen atoms in total. The molecule has 0 aliphatic carbocycles. The normalized spacial score (nSPS) is 24.3. The van der Waals surface area contributed by atoms with Crippen LogP contribution in [0.3, 0.4) is 0 Å². The molecule has 1 aliphatic heterocycles. The lowest BCUT2D eigenvalue weighted by Gasteiger charge is -2.21. The lowest BCUT2D eigenvalue weighted by Crippen LogP contribution is -2.41. The van der Waals surface area contributed by atoms with Crippen LogP contribution >= 0.6 is 0 Å². The minimum Gasteiger partial charge on any atom is -0.468 e. The molecule has 0 aromatic heterocycles. The number of esters is 1. The van der Waals surface area contributed by atoms with Crippen molar-refractivity contribution in [2.24, 2.45) is 0 Å². The molecule has 1 unspecified atom stereocenters. The molecule has 0 radical (unpaired) electrons. The molecule has 0 saturated carbocycles. The third-order valence-electron chi connectivity index (χ3n) is 2.20. The van der Waals surface area contributed by atoms with E-state index >= 15 is 0 Å². The molecule has 0 bridgehead atoms. The van der Waals surface area contributed by atoms with Crippen LogP contribution in [0, 0.1) is 0 Å². The van der Waals surface area contributed by atoms with Crippen LogP contribution < -0.4 is 5.32 Å². The zero-order chi connectivity index (χ0) is 8.97. The van der Waals surface area contributed by atoms with Crippen molar-refractivity contribution in [3.8, 4) is 0 Å². The van der Waals surface area contributed by atoms with Crippen molar-refractivity contribution in [1.82, 2.24) is 10.2 Å². The number of hydrogen-bond donors (Lipinski definition) is 1. The third kappa shape index (κ3) is 1.95. The third-order valence-corrected chi connectivity index (χ3v) is 2.20. The first-order valence-electron chi connectivity index (χ1n) is 4.26. The van der Waals surface area contributed by atoms with Gasteiger partial charge >= 0.3 is 5.97 Å². The van der Waals surface area contributed by atoms with Crippen LogP contribution in [0.2, 0.25) is 0 Å². The SMILES string of the molecule is CNCN1CCCC1C(=O)OC. The van der Waals surface area contributed by atoms with Crippen LogP contribution in [-0.2, 0) is 9.53 Å². The zero-order valence-electron chi connectivity index (χ0n) is 7.67. The van der Waals surface area contributed by atoms with Gasteiger partial charge in [0.1, 0.15) is 6.04 Å². The quantitative estimate of drug-likeness (QED) is 0.599. The Balaban J connectivity index is 2.45. The fourth-order valence-corrected chi connectivity index (χ4v) is 1.62. The molecule has 4 heteroatoms. The van der Waals surface area contributed by atoms with Crippen molar-refractivity contribution in [2.75, 3.05) is 27.4 Å². The smallest absolute Gasteiger partial charge is 0.323 e. The van der Waals surface area contributed by atoms with Gasteiger partial charge in [-0.2, -0.15) is 0 Å². The number of methoxy groups -OCH3 is 1. The molecule has 12 heavy (non-hydrogen) atoms. The number of likely N-dealkylation sites (tertiary alicyclic amines) is 1. The average Bonchev–Trinajstić information content (AvgIpc) is 2.52.